The van der Waals surface area contributed by atoms with Gasteiger partial charge in [0.05, 0.1) is 38.1 Å². The first-order valence-electron chi connectivity index (χ1n) is 21.6. The van der Waals surface area contributed by atoms with Crippen molar-refractivity contribution in [2.45, 2.75) is 0 Å². The van der Waals surface area contributed by atoms with Gasteiger partial charge in [0.15, 0.2) is 0 Å². The van der Waals surface area contributed by atoms with Gasteiger partial charge in [0.25, 0.3) is 0 Å². The number of fused-ring (bicyclic) bond motifs is 9. The van der Waals surface area contributed by atoms with Crippen LogP contribution in [0.25, 0.3) is 120 Å². The van der Waals surface area contributed by atoms with Crippen LogP contribution in [0.3, 0.4) is 0 Å². The van der Waals surface area contributed by atoms with Gasteiger partial charge in [-0.25, -0.2) is 0 Å². The summed E-state index contributed by atoms with van der Waals surface area (Å²) in [5.41, 5.74) is 16.9. The highest BCUT2D eigenvalue weighted by Crippen LogP contribution is 2.48. The molecule has 294 valence electrons. The molecule has 13 rings (SSSR count). The lowest BCUT2D eigenvalue weighted by Crippen LogP contribution is -1.98. The number of hydrogen-bond acceptors (Lipinski definition) is 1. The number of nitrogens with zero attached hydrogens (tertiary/aromatic N) is 2. The van der Waals surface area contributed by atoms with E-state index >= 15 is 0 Å². The summed E-state index contributed by atoms with van der Waals surface area (Å²) in [7, 11) is 0. The average molecular weight is 819 g/mol. The van der Waals surface area contributed by atoms with Gasteiger partial charge in [0.1, 0.15) is 0 Å². The maximum absolute atomic E-state index is 2.52. The molecule has 0 aliphatic carbocycles. The molecule has 0 fully saturated rings. The van der Waals surface area contributed by atoms with E-state index < -0.39 is 0 Å². The van der Waals surface area contributed by atoms with E-state index in [0.717, 1.165) is 0 Å². The summed E-state index contributed by atoms with van der Waals surface area (Å²) in [5.74, 6) is 0. The summed E-state index contributed by atoms with van der Waals surface area (Å²) in [6.07, 6.45) is 0. The Morgan fingerprint density at radius 3 is 1.70 bits per heavy atom. The molecule has 13 aromatic rings. The van der Waals surface area contributed by atoms with Crippen LogP contribution < -0.4 is 0 Å². The Morgan fingerprint density at radius 2 is 0.857 bits per heavy atom. The molecule has 63 heavy (non-hydrogen) atoms. The number of thiophene rings is 1. The van der Waals surface area contributed by atoms with Gasteiger partial charge >= 0.3 is 0 Å². The maximum atomic E-state index is 2.52. The van der Waals surface area contributed by atoms with Gasteiger partial charge in [-0.1, -0.05) is 188 Å². The monoisotopic (exact) mass is 818 g/mol. The summed E-state index contributed by atoms with van der Waals surface area (Å²) >= 11 is 1.89. The Hall–Kier alpha value is -7.98. The average Bonchev–Trinajstić information content (AvgIpc) is 4.03. The Morgan fingerprint density at radius 1 is 0.286 bits per heavy atom. The number of para-hydroxylation sites is 4. The van der Waals surface area contributed by atoms with Crippen molar-refractivity contribution < 1.29 is 0 Å². The van der Waals surface area contributed by atoms with Crippen LogP contribution in [-0.2, 0) is 0 Å². The number of rotatable bonds is 6. The first kappa shape index (κ1) is 35.7. The standard InChI is InChI=1S/C60H38N2S/c1-3-18-39(19-4-1)41-22-15-23-42(38-41)44-36-37-55(60-58(44)50-27-10-14-35-56(50)63-60)61-53-33-13-9-26-49(53)57-46(28-17-34-54(57)61)48-30-16-29-47-45-25-8-12-32-52(45)62(59(47)48)51-31-11-7-24-43(51)40-20-5-2-6-21-40/h1-38H. The van der Waals surface area contributed by atoms with Crippen molar-refractivity contribution in [3.63, 3.8) is 0 Å². The smallest absolute Gasteiger partial charge is 0.0641 e. The molecule has 3 heterocycles. The minimum absolute atomic E-state index is 1.17. The van der Waals surface area contributed by atoms with E-state index in [1.165, 1.54) is 120 Å². The molecule has 0 N–H and O–H groups in total. The van der Waals surface area contributed by atoms with Crippen molar-refractivity contribution in [2.24, 2.45) is 0 Å². The molecule has 0 atom stereocenters. The Kier molecular flexibility index (Phi) is 8.12. The molecule has 0 aliphatic rings. The van der Waals surface area contributed by atoms with Crippen molar-refractivity contribution in [3.05, 3.63) is 231 Å². The largest absolute Gasteiger partial charge is 0.308 e. The molecular weight excluding hydrogens is 781 g/mol. The highest BCUT2D eigenvalue weighted by molar-refractivity contribution is 7.26. The summed E-state index contributed by atoms with van der Waals surface area (Å²) in [6, 6.07) is 84.6. The highest BCUT2D eigenvalue weighted by atomic mass is 32.1. The number of aromatic nitrogens is 2. The quantitative estimate of drug-likeness (QED) is 0.158. The first-order valence-corrected chi connectivity index (χ1v) is 22.4. The first-order chi connectivity index (χ1) is 31.3. The zero-order chi connectivity index (χ0) is 41.4. The van der Waals surface area contributed by atoms with Gasteiger partial charge in [-0.2, -0.15) is 0 Å². The van der Waals surface area contributed by atoms with E-state index in [-0.39, 0.29) is 0 Å². The van der Waals surface area contributed by atoms with Gasteiger partial charge in [-0.15, -0.1) is 11.3 Å². The Bertz CT molecular complexity index is 3900. The summed E-state index contributed by atoms with van der Waals surface area (Å²) < 4.78 is 7.60. The van der Waals surface area contributed by atoms with Crippen LogP contribution in [0.1, 0.15) is 0 Å². The van der Waals surface area contributed by atoms with Gasteiger partial charge < -0.3 is 9.13 Å². The summed E-state index contributed by atoms with van der Waals surface area (Å²) in [4.78, 5) is 0. The van der Waals surface area contributed by atoms with Crippen molar-refractivity contribution in [3.8, 4) is 55.9 Å². The molecule has 0 saturated heterocycles. The molecule has 2 nitrogen and oxygen atoms in total. The maximum Gasteiger partial charge on any atom is 0.0641 e. The summed E-state index contributed by atoms with van der Waals surface area (Å²) in [6.45, 7) is 0. The van der Waals surface area contributed by atoms with E-state index in [1.54, 1.807) is 0 Å². The van der Waals surface area contributed by atoms with Crippen LogP contribution in [0.4, 0.5) is 0 Å². The topological polar surface area (TPSA) is 9.86 Å². The second kappa shape index (κ2) is 14.3. The minimum atomic E-state index is 1.17. The molecule has 3 aromatic heterocycles. The van der Waals surface area contributed by atoms with Gasteiger partial charge in [-0.05, 0) is 75.8 Å². The van der Waals surface area contributed by atoms with Crippen molar-refractivity contribution in [1.29, 1.82) is 0 Å². The number of benzene rings is 10. The normalized spacial score (nSPS) is 11.8. The molecule has 0 saturated carbocycles. The van der Waals surface area contributed by atoms with Crippen LogP contribution >= 0.6 is 11.3 Å². The number of hydrogen-bond donors (Lipinski definition) is 0. The molecule has 0 spiro atoms. The lowest BCUT2D eigenvalue weighted by Gasteiger charge is -2.16. The van der Waals surface area contributed by atoms with Crippen LogP contribution in [0, 0.1) is 0 Å². The van der Waals surface area contributed by atoms with E-state index in [9.17, 15) is 0 Å². The SMILES string of the molecule is c1ccc(-c2cccc(-c3ccc(-n4c5ccccc5c5c(-c6cccc7c8ccccc8n(-c8ccccc8-c8ccccc8)c67)cccc54)c4sc5ccccc5c34)c2)cc1. The lowest BCUT2D eigenvalue weighted by atomic mass is 9.95. The van der Waals surface area contributed by atoms with Crippen LogP contribution in [0.15, 0.2) is 231 Å². The Labute approximate surface area is 368 Å². The predicted octanol–water partition coefficient (Wildman–Crippen LogP) is 16.9. The van der Waals surface area contributed by atoms with E-state index in [4.69, 9.17) is 0 Å². The molecule has 10 aromatic carbocycles. The van der Waals surface area contributed by atoms with Crippen molar-refractivity contribution in [1.82, 2.24) is 9.13 Å². The minimum Gasteiger partial charge on any atom is -0.308 e. The molecular formula is C60H38N2S. The van der Waals surface area contributed by atoms with Crippen LogP contribution in [0.5, 0.6) is 0 Å². The zero-order valence-electron chi connectivity index (χ0n) is 34.2. The second-order valence-electron chi connectivity index (χ2n) is 16.4. The fourth-order valence-electron chi connectivity index (χ4n) is 10.2. The summed E-state index contributed by atoms with van der Waals surface area (Å²) in [5, 5.41) is 7.56. The molecule has 0 amide bonds. The van der Waals surface area contributed by atoms with Crippen molar-refractivity contribution >= 4 is 75.1 Å². The molecule has 0 unspecified atom stereocenters. The molecule has 3 heteroatoms. The Balaban J connectivity index is 1.09. The third-order valence-corrected chi connectivity index (χ3v) is 14.1. The third-order valence-electron chi connectivity index (χ3n) is 12.9. The predicted molar refractivity (Wildman–Crippen MR) is 270 cm³/mol. The molecule has 0 aliphatic heterocycles. The van der Waals surface area contributed by atoms with Crippen molar-refractivity contribution in [2.75, 3.05) is 0 Å². The zero-order valence-corrected chi connectivity index (χ0v) is 35.1. The van der Waals surface area contributed by atoms with Gasteiger partial charge in [-0.3, -0.25) is 0 Å². The molecule has 0 radical (unpaired) electrons. The van der Waals surface area contributed by atoms with E-state index in [1.807, 2.05) is 11.3 Å². The highest BCUT2D eigenvalue weighted by Gasteiger charge is 2.24. The molecule has 0 bridgehead atoms. The third kappa shape index (κ3) is 5.50. The van der Waals surface area contributed by atoms with Crippen LogP contribution in [-0.4, -0.2) is 9.13 Å². The fourth-order valence-corrected chi connectivity index (χ4v) is 11.5. The van der Waals surface area contributed by atoms with Crippen LogP contribution in [0.2, 0.25) is 0 Å². The van der Waals surface area contributed by atoms with Gasteiger partial charge in [0.2, 0.25) is 0 Å². The second-order valence-corrected chi connectivity index (χ2v) is 17.4. The van der Waals surface area contributed by atoms with E-state index in [2.05, 4.69) is 240 Å². The van der Waals surface area contributed by atoms with Gasteiger partial charge in [0, 0.05) is 48.1 Å². The lowest BCUT2D eigenvalue weighted by molar-refractivity contribution is 1.18. The fraction of sp³-hybridized carbons (Fsp3) is 0. The van der Waals surface area contributed by atoms with E-state index in [0.29, 0.717) is 0 Å².